The Kier molecular flexibility index (Phi) is 5.46. The maximum absolute atomic E-state index is 12.6. The fraction of sp³-hybridized carbons (Fsp3) is 0.812. The average molecular weight is 346 g/mol. The quantitative estimate of drug-likeness (QED) is 0.836. The van der Waals surface area contributed by atoms with E-state index >= 15 is 0 Å². The molecule has 0 spiro atoms. The van der Waals surface area contributed by atoms with Crippen molar-refractivity contribution >= 4 is 0 Å². The number of morpholine rings is 1. The summed E-state index contributed by atoms with van der Waals surface area (Å²) in [6, 6.07) is 0.558. The highest BCUT2D eigenvalue weighted by atomic mass is 19.4. The predicted molar refractivity (Wildman–Crippen MR) is 83.6 cm³/mol. The second-order valence-corrected chi connectivity index (χ2v) is 6.77. The van der Waals surface area contributed by atoms with Crippen LogP contribution in [0.3, 0.4) is 0 Å². The van der Waals surface area contributed by atoms with E-state index in [1.54, 1.807) is 0 Å². The van der Waals surface area contributed by atoms with Gasteiger partial charge in [-0.1, -0.05) is 0 Å². The molecule has 0 saturated carbocycles. The third-order valence-corrected chi connectivity index (χ3v) is 4.86. The van der Waals surface area contributed by atoms with E-state index in [0.717, 1.165) is 45.6 Å². The Morgan fingerprint density at radius 3 is 2.67 bits per heavy atom. The lowest BCUT2D eigenvalue weighted by Gasteiger charge is -2.41. The molecule has 1 aromatic rings. The lowest BCUT2D eigenvalue weighted by atomic mass is 10.0. The standard InChI is InChI=1S/C16H25F3N4O/c1-13-10-22(8-9-24-13)14-2-5-21(6-3-14)11-15-20-4-7-23(15)12-16(17,18)19/h4,7,13-14H,2-3,5-6,8-12H2,1H3/t13-/m1/s1. The molecular weight excluding hydrogens is 321 g/mol. The molecular formula is C16H25F3N4O. The molecule has 0 unspecified atom stereocenters. The van der Waals surface area contributed by atoms with Gasteiger partial charge in [-0.05, 0) is 19.8 Å². The molecule has 0 N–H and O–H groups in total. The number of halogens is 3. The maximum Gasteiger partial charge on any atom is 0.406 e. The van der Waals surface area contributed by atoms with Gasteiger partial charge in [-0.15, -0.1) is 0 Å². The summed E-state index contributed by atoms with van der Waals surface area (Å²) in [5, 5.41) is 0. The van der Waals surface area contributed by atoms with Crippen molar-refractivity contribution < 1.29 is 17.9 Å². The SMILES string of the molecule is C[C@@H]1CN(C2CCN(Cc3nccn3CC(F)(F)F)CC2)CCO1. The highest BCUT2D eigenvalue weighted by molar-refractivity contribution is 4.94. The molecule has 3 rings (SSSR count). The van der Waals surface area contributed by atoms with Crippen LogP contribution < -0.4 is 0 Å². The Bertz CT molecular complexity index is 526. The van der Waals surface area contributed by atoms with Crippen LogP contribution in [0.4, 0.5) is 13.2 Å². The van der Waals surface area contributed by atoms with Crippen molar-refractivity contribution in [3.63, 3.8) is 0 Å². The number of likely N-dealkylation sites (tertiary alicyclic amines) is 1. The molecule has 3 heterocycles. The second-order valence-electron chi connectivity index (χ2n) is 6.77. The van der Waals surface area contributed by atoms with Crippen molar-refractivity contribution in [2.24, 2.45) is 0 Å². The molecule has 0 aromatic carbocycles. The normalized spacial score (nSPS) is 25.2. The molecule has 8 heteroatoms. The van der Waals surface area contributed by atoms with E-state index in [9.17, 15) is 13.2 Å². The van der Waals surface area contributed by atoms with E-state index in [1.165, 1.54) is 17.0 Å². The zero-order valence-electron chi connectivity index (χ0n) is 14.0. The number of imidazole rings is 1. The zero-order valence-corrected chi connectivity index (χ0v) is 14.0. The Labute approximate surface area is 140 Å². The minimum Gasteiger partial charge on any atom is -0.376 e. The van der Waals surface area contributed by atoms with Crippen LogP contribution in [-0.4, -0.2) is 70.5 Å². The smallest absolute Gasteiger partial charge is 0.376 e. The Morgan fingerprint density at radius 1 is 1.25 bits per heavy atom. The van der Waals surface area contributed by atoms with Crippen LogP contribution in [-0.2, 0) is 17.8 Å². The Balaban J connectivity index is 1.50. The molecule has 0 aliphatic carbocycles. The summed E-state index contributed by atoms with van der Waals surface area (Å²) in [6.07, 6.45) is 1.02. The summed E-state index contributed by atoms with van der Waals surface area (Å²) in [4.78, 5) is 8.81. The zero-order chi connectivity index (χ0) is 17.2. The van der Waals surface area contributed by atoms with Crippen LogP contribution in [0, 0.1) is 0 Å². The number of piperidine rings is 1. The summed E-state index contributed by atoms with van der Waals surface area (Å²) in [7, 11) is 0. The number of alkyl halides is 3. The summed E-state index contributed by atoms with van der Waals surface area (Å²) < 4.78 is 44.6. The Morgan fingerprint density at radius 2 is 2.00 bits per heavy atom. The molecule has 2 aliphatic heterocycles. The van der Waals surface area contributed by atoms with Crippen LogP contribution >= 0.6 is 0 Å². The van der Waals surface area contributed by atoms with Crippen LogP contribution in [0.5, 0.6) is 0 Å². The van der Waals surface area contributed by atoms with Crippen LogP contribution in [0.25, 0.3) is 0 Å². The minimum atomic E-state index is -4.21. The van der Waals surface area contributed by atoms with Crippen molar-refractivity contribution in [3.8, 4) is 0 Å². The van der Waals surface area contributed by atoms with Gasteiger partial charge in [0.2, 0.25) is 0 Å². The largest absolute Gasteiger partial charge is 0.406 e. The van der Waals surface area contributed by atoms with Gasteiger partial charge in [-0.3, -0.25) is 9.80 Å². The van der Waals surface area contributed by atoms with E-state index in [4.69, 9.17) is 4.74 Å². The van der Waals surface area contributed by atoms with E-state index in [2.05, 4.69) is 21.7 Å². The third kappa shape index (κ3) is 4.70. The van der Waals surface area contributed by atoms with Crippen molar-refractivity contribution in [3.05, 3.63) is 18.2 Å². The second kappa shape index (κ2) is 7.41. The summed E-state index contributed by atoms with van der Waals surface area (Å²) in [5.74, 6) is 0.491. The maximum atomic E-state index is 12.6. The van der Waals surface area contributed by atoms with Gasteiger partial charge < -0.3 is 9.30 Å². The summed E-state index contributed by atoms with van der Waals surface area (Å²) in [6.45, 7) is 6.15. The molecule has 24 heavy (non-hydrogen) atoms. The first-order valence-electron chi connectivity index (χ1n) is 8.55. The molecule has 2 fully saturated rings. The van der Waals surface area contributed by atoms with Gasteiger partial charge in [-0.2, -0.15) is 13.2 Å². The van der Waals surface area contributed by atoms with Crippen molar-refractivity contribution in [2.75, 3.05) is 32.8 Å². The van der Waals surface area contributed by atoms with Gasteiger partial charge in [0.05, 0.1) is 19.3 Å². The average Bonchev–Trinajstić information content (AvgIpc) is 2.93. The number of rotatable bonds is 4. The van der Waals surface area contributed by atoms with E-state index in [0.29, 0.717) is 18.4 Å². The molecule has 0 radical (unpaired) electrons. The number of nitrogens with zero attached hydrogens (tertiary/aromatic N) is 4. The van der Waals surface area contributed by atoms with Crippen LogP contribution in [0.15, 0.2) is 12.4 Å². The molecule has 2 saturated heterocycles. The molecule has 5 nitrogen and oxygen atoms in total. The van der Waals surface area contributed by atoms with Gasteiger partial charge in [-0.25, -0.2) is 4.98 Å². The number of hydrogen-bond acceptors (Lipinski definition) is 4. The molecule has 2 aliphatic rings. The molecule has 1 aromatic heterocycles. The first kappa shape index (κ1) is 17.7. The van der Waals surface area contributed by atoms with Gasteiger partial charge in [0, 0.05) is 44.6 Å². The fourth-order valence-electron chi connectivity index (χ4n) is 3.65. The van der Waals surface area contributed by atoms with E-state index < -0.39 is 12.7 Å². The predicted octanol–water partition coefficient (Wildman–Crippen LogP) is 2.13. The fourth-order valence-corrected chi connectivity index (χ4v) is 3.65. The molecule has 136 valence electrons. The number of aromatic nitrogens is 2. The van der Waals surface area contributed by atoms with Gasteiger partial charge in [0.15, 0.2) is 0 Å². The highest BCUT2D eigenvalue weighted by Crippen LogP contribution is 2.22. The molecule has 0 bridgehead atoms. The summed E-state index contributed by atoms with van der Waals surface area (Å²) in [5.41, 5.74) is 0. The van der Waals surface area contributed by atoms with Crippen molar-refractivity contribution in [1.29, 1.82) is 0 Å². The van der Waals surface area contributed by atoms with Crippen LogP contribution in [0.2, 0.25) is 0 Å². The topological polar surface area (TPSA) is 33.5 Å². The minimum absolute atomic E-state index is 0.284. The summed E-state index contributed by atoms with van der Waals surface area (Å²) >= 11 is 0. The lowest BCUT2D eigenvalue weighted by Crippen LogP contribution is -2.50. The monoisotopic (exact) mass is 346 g/mol. The lowest BCUT2D eigenvalue weighted by molar-refractivity contribution is -0.141. The first-order chi connectivity index (χ1) is 11.4. The molecule has 1 atom stereocenters. The van der Waals surface area contributed by atoms with Gasteiger partial charge in [0.1, 0.15) is 12.4 Å². The third-order valence-electron chi connectivity index (χ3n) is 4.86. The first-order valence-corrected chi connectivity index (χ1v) is 8.55. The highest BCUT2D eigenvalue weighted by Gasteiger charge is 2.30. The van der Waals surface area contributed by atoms with Crippen molar-refractivity contribution in [2.45, 2.75) is 51.2 Å². The van der Waals surface area contributed by atoms with Crippen LogP contribution in [0.1, 0.15) is 25.6 Å². The van der Waals surface area contributed by atoms with Crippen molar-refractivity contribution in [1.82, 2.24) is 19.4 Å². The molecule has 0 amide bonds. The number of hydrogen-bond donors (Lipinski definition) is 0. The van der Waals surface area contributed by atoms with E-state index in [1.807, 2.05) is 0 Å². The van der Waals surface area contributed by atoms with E-state index in [-0.39, 0.29) is 6.10 Å². The van der Waals surface area contributed by atoms with Gasteiger partial charge >= 0.3 is 6.18 Å². The Hall–Kier alpha value is -1.12. The number of ether oxygens (including phenoxy) is 1. The van der Waals surface area contributed by atoms with Gasteiger partial charge in [0.25, 0.3) is 0 Å².